The van der Waals surface area contributed by atoms with Crippen LogP contribution in [0.25, 0.3) is 10.9 Å². The molecule has 4 heteroatoms. The van der Waals surface area contributed by atoms with Gasteiger partial charge in [-0.2, -0.15) is 0 Å². The smallest absolute Gasteiger partial charge is 0.254 e. The number of hydrogen-bond donors (Lipinski definition) is 1. The molecule has 0 spiro atoms. The second-order valence-electron chi connectivity index (χ2n) is 8.07. The Labute approximate surface area is 155 Å². The minimum absolute atomic E-state index is 0.171. The topological polar surface area (TPSA) is 59.2 Å². The fraction of sp³-hybridized carbons (Fsp3) is 0.545. The number of piperidine rings is 1. The first-order valence-electron chi connectivity index (χ1n) is 10.0. The average molecular weight is 351 g/mol. The van der Waals surface area contributed by atoms with Gasteiger partial charge in [0, 0.05) is 29.6 Å². The number of nitrogens with two attached hydrogens (primary N) is 1. The van der Waals surface area contributed by atoms with Crippen molar-refractivity contribution in [2.45, 2.75) is 64.3 Å². The van der Waals surface area contributed by atoms with Gasteiger partial charge in [-0.05, 0) is 82.2 Å². The normalized spacial score (nSPS) is 20.6. The van der Waals surface area contributed by atoms with Gasteiger partial charge in [0.25, 0.3) is 5.91 Å². The molecule has 26 heavy (non-hydrogen) atoms. The van der Waals surface area contributed by atoms with E-state index in [-0.39, 0.29) is 11.9 Å². The van der Waals surface area contributed by atoms with Gasteiger partial charge < -0.3 is 10.6 Å². The number of pyridine rings is 1. The van der Waals surface area contributed by atoms with Crippen LogP contribution in [0, 0.1) is 13.8 Å². The Morgan fingerprint density at radius 1 is 1.19 bits per heavy atom. The van der Waals surface area contributed by atoms with Crippen LogP contribution in [0.15, 0.2) is 18.2 Å². The summed E-state index contributed by atoms with van der Waals surface area (Å²) < 4.78 is 0. The Hall–Kier alpha value is -1.94. The minimum Gasteiger partial charge on any atom is -0.336 e. The van der Waals surface area contributed by atoms with Crippen LogP contribution < -0.4 is 5.73 Å². The largest absolute Gasteiger partial charge is 0.336 e. The number of hydrogen-bond acceptors (Lipinski definition) is 3. The van der Waals surface area contributed by atoms with Crippen LogP contribution in [0.5, 0.6) is 0 Å². The Morgan fingerprint density at radius 3 is 2.73 bits per heavy atom. The van der Waals surface area contributed by atoms with Crippen LogP contribution in [0.1, 0.15) is 71.6 Å². The highest BCUT2D eigenvalue weighted by molar-refractivity contribution is 6.07. The van der Waals surface area contributed by atoms with E-state index in [0.29, 0.717) is 12.5 Å². The molecule has 2 N–H and O–H groups in total. The summed E-state index contributed by atoms with van der Waals surface area (Å²) in [6, 6.07) is 6.64. The predicted octanol–water partition coefficient (Wildman–Crippen LogP) is 4.07. The molecule has 0 bridgehead atoms. The van der Waals surface area contributed by atoms with Gasteiger partial charge in [0.15, 0.2) is 0 Å². The highest BCUT2D eigenvalue weighted by Gasteiger charge is 2.31. The molecular formula is C22H29N3O. The van der Waals surface area contributed by atoms with Crippen LogP contribution in [-0.4, -0.2) is 34.9 Å². The summed E-state index contributed by atoms with van der Waals surface area (Å²) in [6.45, 7) is 5.67. The van der Waals surface area contributed by atoms with Gasteiger partial charge in [0.05, 0.1) is 11.1 Å². The van der Waals surface area contributed by atoms with Crippen molar-refractivity contribution in [1.82, 2.24) is 9.88 Å². The molecule has 2 fully saturated rings. The van der Waals surface area contributed by atoms with E-state index in [0.717, 1.165) is 53.5 Å². The lowest BCUT2D eigenvalue weighted by atomic mass is 9.95. The number of amides is 1. The molecule has 0 radical (unpaired) electrons. The molecule has 2 heterocycles. The van der Waals surface area contributed by atoms with Crippen LogP contribution in [0.4, 0.5) is 0 Å². The van der Waals surface area contributed by atoms with Gasteiger partial charge in [-0.3, -0.25) is 9.78 Å². The van der Waals surface area contributed by atoms with Gasteiger partial charge in [-0.15, -0.1) is 0 Å². The molecule has 2 aliphatic rings. The van der Waals surface area contributed by atoms with E-state index in [1.807, 2.05) is 0 Å². The lowest BCUT2D eigenvalue weighted by Crippen LogP contribution is -2.44. The first kappa shape index (κ1) is 17.5. The fourth-order valence-electron chi connectivity index (χ4n) is 4.45. The van der Waals surface area contributed by atoms with Crippen molar-refractivity contribution in [2.24, 2.45) is 5.73 Å². The van der Waals surface area contributed by atoms with Crippen LogP contribution in [-0.2, 0) is 0 Å². The number of nitrogens with zero attached hydrogens (tertiary/aromatic N) is 2. The van der Waals surface area contributed by atoms with E-state index in [1.54, 1.807) is 0 Å². The van der Waals surface area contributed by atoms with E-state index < -0.39 is 0 Å². The zero-order valence-electron chi connectivity index (χ0n) is 15.9. The third-order valence-electron chi connectivity index (χ3n) is 5.88. The van der Waals surface area contributed by atoms with Gasteiger partial charge in [0.2, 0.25) is 0 Å². The lowest BCUT2D eigenvalue weighted by molar-refractivity contribution is 0.0607. The Balaban J connectivity index is 1.82. The summed E-state index contributed by atoms with van der Waals surface area (Å²) in [5, 5.41) is 1.03. The molecule has 2 aromatic rings. The molecule has 4 rings (SSSR count). The maximum Gasteiger partial charge on any atom is 0.254 e. The van der Waals surface area contributed by atoms with E-state index in [4.69, 9.17) is 10.7 Å². The second-order valence-corrected chi connectivity index (χ2v) is 8.07. The Morgan fingerprint density at radius 2 is 2.00 bits per heavy atom. The number of fused-ring (bicyclic) bond motifs is 1. The van der Waals surface area contributed by atoms with E-state index in [2.05, 4.69) is 36.9 Å². The molecule has 1 aliphatic heterocycles. The summed E-state index contributed by atoms with van der Waals surface area (Å²) in [5.41, 5.74) is 11.1. The highest BCUT2D eigenvalue weighted by atomic mass is 16.2. The SMILES string of the molecule is Cc1cc(C)c2c(C(=O)N3CCCCC3CCN)cc(C3CC3)nc2c1. The molecule has 138 valence electrons. The number of carbonyl (C=O) groups is 1. The standard InChI is InChI=1S/C22H29N3O/c1-14-11-15(2)21-18(13-19(16-6-7-16)24-20(21)12-14)22(26)25-10-4-3-5-17(25)8-9-23/h11-13,16-17H,3-10,23H2,1-2H3. The first-order valence-corrected chi connectivity index (χ1v) is 10.0. The third-order valence-corrected chi connectivity index (χ3v) is 5.88. The first-order chi connectivity index (χ1) is 12.6. The summed E-state index contributed by atoms with van der Waals surface area (Å²) >= 11 is 0. The van der Waals surface area contributed by atoms with Crippen molar-refractivity contribution < 1.29 is 4.79 Å². The quantitative estimate of drug-likeness (QED) is 0.903. The van der Waals surface area contributed by atoms with Crippen molar-refractivity contribution in [1.29, 1.82) is 0 Å². The zero-order chi connectivity index (χ0) is 18.3. The van der Waals surface area contributed by atoms with Crippen molar-refractivity contribution in [2.75, 3.05) is 13.1 Å². The number of carbonyl (C=O) groups excluding carboxylic acids is 1. The zero-order valence-corrected chi connectivity index (χ0v) is 15.9. The van der Waals surface area contributed by atoms with Crippen molar-refractivity contribution in [3.8, 4) is 0 Å². The van der Waals surface area contributed by atoms with E-state index in [1.165, 1.54) is 24.8 Å². The molecule has 1 unspecified atom stereocenters. The molecule has 1 saturated heterocycles. The molecule has 1 atom stereocenters. The Kier molecular flexibility index (Phi) is 4.70. The highest BCUT2D eigenvalue weighted by Crippen LogP contribution is 2.41. The summed E-state index contributed by atoms with van der Waals surface area (Å²) in [5.74, 6) is 0.706. The molecule has 1 aliphatic carbocycles. The monoisotopic (exact) mass is 351 g/mol. The number of benzene rings is 1. The van der Waals surface area contributed by atoms with Crippen molar-refractivity contribution in [3.63, 3.8) is 0 Å². The Bertz CT molecular complexity index is 839. The van der Waals surface area contributed by atoms with Crippen molar-refractivity contribution in [3.05, 3.63) is 40.6 Å². The lowest BCUT2D eigenvalue weighted by Gasteiger charge is -2.36. The van der Waals surface area contributed by atoms with Gasteiger partial charge >= 0.3 is 0 Å². The van der Waals surface area contributed by atoms with Gasteiger partial charge in [-0.1, -0.05) is 6.07 Å². The number of aryl methyl sites for hydroxylation is 2. The van der Waals surface area contributed by atoms with Crippen LogP contribution >= 0.6 is 0 Å². The van der Waals surface area contributed by atoms with Gasteiger partial charge in [-0.25, -0.2) is 0 Å². The maximum absolute atomic E-state index is 13.6. The van der Waals surface area contributed by atoms with Crippen LogP contribution in [0.3, 0.4) is 0 Å². The number of rotatable bonds is 4. The minimum atomic E-state index is 0.171. The second kappa shape index (κ2) is 6.99. The maximum atomic E-state index is 13.6. The van der Waals surface area contributed by atoms with Crippen LogP contribution in [0.2, 0.25) is 0 Å². The number of aromatic nitrogens is 1. The van der Waals surface area contributed by atoms with Gasteiger partial charge in [0.1, 0.15) is 0 Å². The third kappa shape index (κ3) is 3.23. The van der Waals surface area contributed by atoms with E-state index >= 15 is 0 Å². The summed E-state index contributed by atoms with van der Waals surface area (Å²) in [4.78, 5) is 20.6. The fourth-order valence-corrected chi connectivity index (χ4v) is 4.45. The molecular weight excluding hydrogens is 322 g/mol. The molecule has 1 aromatic carbocycles. The molecule has 1 amide bonds. The number of likely N-dealkylation sites (tertiary alicyclic amines) is 1. The summed E-state index contributed by atoms with van der Waals surface area (Å²) in [6.07, 6.45) is 6.62. The van der Waals surface area contributed by atoms with E-state index in [9.17, 15) is 4.79 Å². The average Bonchev–Trinajstić information content (AvgIpc) is 3.46. The predicted molar refractivity (Wildman–Crippen MR) is 106 cm³/mol. The molecule has 1 aromatic heterocycles. The van der Waals surface area contributed by atoms with Crippen molar-refractivity contribution >= 4 is 16.8 Å². The molecule has 1 saturated carbocycles. The summed E-state index contributed by atoms with van der Waals surface area (Å²) in [7, 11) is 0. The molecule has 4 nitrogen and oxygen atoms in total.